The van der Waals surface area contributed by atoms with Crippen molar-refractivity contribution in [3.63, 3.8) is 0 Å². The first-order valence-electron chi connectivity index (χ1n) is 8.91. The number of ether oxygens (including phenoxy) is 3. The lowest BCUT2D eigenvalue weighted by Crippen LogP contribution is -2.40. The molecule has 0 bridgehead atoms. The number of nitrogens with one attached hydrogen (secondary N) is 1. The quantitative estimate of drug-likeness (QED) is 0.830. The molecule has 0 spiro atoms. The highest BCUT2D eigenvalue weighted by Gasteiger charge is 2.28. The molecule has 8 nitrogen and oxygen atoms in total. The average Bonchev–Trinajstić information content (AvgIpc) is 2.74. The normalized spacial score (nSPS) is 19.8. The van der Waals surface area contributed by atoms with Gasteiger partial charge in [-0.15, -0.1) is 0 Å². The van der Waals surface area contributed by atoms with Gasteiger partial charge in [-0.1, -0.05) is 12.1 Å². The van der Waals surface area contributed by atoms with E-state index in [1.165, 1.54) is 16.4 Å². The molecule has 0 aliphatic carbocycles. The number of rotatable bonds is 4. The number of hydrogen-bond donors (Lipinski definition) is 1. The Hall–Kier alpha value is -2.62. The Bertz CT molecular complexity index is 955. The number of hydrogen-bond acceptors (Lipinski definition) is 6. The van der Waals surface area contributed by atoms with E-state index in [0.29, 0.717) is 43.5 Å². The van der Waals surface area contributed by atoms with Gasteiger partial charge in [-0.3, -0.25) is 4.79 Å². The molecule has 2 aliphatic rings. The van der Waals surface area contributed by atoms with Crippen molar-refractivity contribution in [2.75, 3.05) is 38.2 Å². The van der Waals surface area contributed by atoms with Crippen LogP contribution in [0, 0.1) is 0 Å². The maximum atomic E-state index is 12.6. The molecule has 1 saturated heterocycles. The lowest BCUT2D eigenvalue weighted by atomic mass is 10.2. The molecule has 2 aromatic rings. The van der Waals surface area contributed by atoms with Crippen molar-refractivity contribution in [3.8, 4) is 11.5 Å². The van der Waals surface area contributed by atoms with E-state index in [9.17, 15) is 13.2 Å². The molecular weight excluding hydrogens is 384 g/mol. The minimum Gasteiger partial charge on any atom is -0.485 e. The smallest absolute Gasteiger partial charge is 0.269 e. The minimum atomic E-state index is -3.57. The molecule has 1 N–H and O–H groups in total. The summed E-state index contributed by atoms with van der Waals surface area (Å²) in [5.41, 5.74) is 0.480. The summed E-state index contributed by atoms with van der Waals surface area (Å²) in [4.78, 5) is 12.6. The number of sulfonamides is 1. The van der Waals surface area contributed by atoms with E-state index in [-0.39, 0.29) is 17.4 Å². The summed E-state index contributed by atoms with van der Waals surface area (Å²) >= 11 is 0. The zero-order valence-electron chi connectivity index (χ0n) is 15.0. The van der Waals surface area contributed by atoms with Crippen LogP contribution in [0.15, 0.2) is 53.4 Å². The fourth-order valence-corrected chi connectivity index (χ4v) is 4.43. The number of morpholine rings is 1. The Morgan fingerprint density at radius 3 is 2.39 bits per heavy atom. The Morgan fingerprint density at radius 1 is 1.00 bits per heavy atom. The van der Waals surface area contributed by atoms with Crippen LogP contribution in [0.4, 0.5) is 5.69 Å². The van der Waals surface area contributed by atoms with Crippen LogP contribution in [-0.2, 0) is 19.6 Å². The van der Waals surface area contributed by atoms with Gasteiger partial charge in [0.15, 0.2) is 11.5 Å². The fraction of sp³-hybridized carbons (Fsp3) is 0.316. The topological polar surface area (TPSA) is 94.2 Å². The van der Waals surface area contributed by atoms with E-state index in [0.717, 1.165) is 0 Å². The second-order valence-corrected chi connectivity index (χ2v) is 8.33. The Labute approximate surface area is 163 Å². The number of anilines is 1. The van der Waals surface area contributed by atoms with E-state index in [2.05, 4.69) is 5.32 Å². The van der Waals surface area contributed by atoms with Gasteiger partial charge in [0.05, 0.1) is 18.1 Å². The maximum absolute atomic E-state index is 12.6. The van der Waals surface area contributed by atoms with E-state index in [4.69, 9.17) is 14.2 Å². The maximum Gasteiger partial charge on any atom is 0.269 e. The highest BCUT2D eigenvalue weighted by Crippen LogP contribution is 2.31. The van der Waals surface area contributed by atoms with Crippen molar-refractivity contribution in [2.24, 2.45) is 0 Å². The highest BCUT2D eigenvalue weighted by molar-refractivity contribution is 7.89. The summed E-state index contributed by atoms with van der Waals surface area (Å²) in [6.07, 6.45) is -0.786. The van der Waals surface area contributed by atoms with Gasteiger partial charge in [0.2, 0.25) is 16.1 Å². The lowest BCUT2D eigenvalue weighted by Gasteiger charge is -2.26. The molecule has 2 aromatic carbocycles. The second kappa shape index (κ2) is 7.78. The predicted octanol–water partition coefficient (Wildman–Crippen LogP) is 1.49. The molecule has 28 heavy (non-hydrogen) atoms. The van der Waals surface area contributed by atoms with Crippen LogP contribution in [0.25, 0.3) is 0 Å². The second-order valence-electron chi connectivity index (χ2n) is 6.39. The third-order valence-electron chi connectivity index (χ3n) is 4.53. The first-order valence-corrected chi connectivity index (χ1v) is 10.4. The molecule has 2 heterocycles. The van der Waals surface area contributed by atoms with Gasteiger partial charge in [0.1, 0.15) is 6.61 Å². The summed E-state index contributed by atoms with van der Waals surface area (Å²) in [6.45, 7) is 1.55. The average molecular weight is 404 g/mol. The van der Waals surface area contributed by atoms with Crippen LogP contribution < -0.4 is 14.8 Å². The van der Waals surface area contributed by atoms with Crippen LogP contribution in [0.3, 0.4) is 0 Å². The zero-order valence-corrected chi connectivity index (χ0v) is 15.9. The van der Waals surface area contributed by atoms with Crippen molar-refractivity contribution in [2.45, 2.75) is 11.0 Å². The lowest BCUT2D eigenvalue weighted by molar-refractivity contribution is -0.125. The third kappa shape index (κ3) is 3.82. The summed E-state index contributed by atoms with van der Waals surface area (Å²) in [7, 11) is -3.57. The summed E-state index contributed by atoms with van der Waals surface area (Å²) in [5, 5.41) is 2.73. The predicted molar refractivity (Wildman–Crippen MR) is 101 cm³/mol. The Kier molecular flexibility index (Phi) is 5.21. The fourth-order valence-electron chi connectivity index (χ4n) is 3.02. The van der Waals surface area contributed by atoms with Crippen molar-refractivity contribution in [3.05, 3.63) is 48.5 Å². The van der Waals surface area contributed by atoms with Crippen LogP contribution in [0.5, 0.6) is 11.5 Å². The van der Waals surface area contributed by atoms with E-state index in [1.54, 1.807) is 30.3 Å². The summed E-state index contributed by atoms with van der Waals surface area (Å²) < 4.78 is 43.1. The molecular formula is C19H20N2O6S. The molecule has 0 unspecified atom stereocenters. The number of benzene rings is 2. The number of para-hydroxylation sites is 2. The third-order valence-corrected chi connectivity index (χ3v) is 6.44. The monoisotopic (exact) mass is 404 g/mol. The van der Waals surface area contributed by atoms with Crippen LogP contribution >= 0.6 is 0 Å². The summed E-state index contributed by atoms with van der Waals surface area (Å²) in [5.74, 6) is 0.753. The molecule has 4 rings (SSSR count). The largest absolute Gasteiger partial charge is 0.485 e. The number of nitrogens with zero attached hydrogens (tertiary/aromatic N) is 1. The molecule has 2 aliphatic heterocycles. The van der Waals surface area contributed by atoms with Crippen molar-refractivity contribution >= 4 is 21.6 Å². The molecule has 0 saturated carbocycles. The van der Waals surface area contributed by atoms with Gasteiger partial charge in [0.25, 0.3) is 5.91 Å². The van der Waals surface area contributed by atoms with Crippen LogP contribution in [0.1, 0.15) is 0 Å². The molecule has 1 atom stereocenters. The number of carbonyl (C=O) groups is 1. The standard InChI is InChI=1S/C19H20N2O6S/c22-19(18-13-26-16-3-1-2-4-17(16)27-18)20-14-5-7-15(8-6-14)28(23,24)21-9-11-25-12-10-21/h1-8,18H,9-13H2,(H,20,22)/t18-/m1/s1. The van der Waals surface area contributed by atoms with Crippen LogP contribution in [-0.4, -0.2) is 57.6 Å². The number of amides is 1. The molecule has 0 radical (unpaired) electrons. The van der Waals surface area contributed by atoms with Gasteiger partial charge < -0.3 is 19.5 Å². The van der Waals surface area contributed by atoms with Gasteiger partial charge in [0, 0.05) is 18.8 Å². The molecule has 1 fully saturated rings. The van der Waals surface area contributed by atoms with Crippen molar-refractivity contribution < 1.29 is 27.4 Å². The highest BCUT2D eigenvalue weighted by atomic mass is 32.2. The molecule has 9 heteroatoms. The van der Waals surface area contributed by atoms with Crippen LogP contribution in [0.2, 0.25) is 0 Å². The van der Waals surface area contributed by atoms with Gasteiger partial charge in [-0.2, -0.15) is 4.31 Å². The van der Waals surface area contributed by atoms with E-state index in [1.807, 2.05) is 6.07 Å². The van der Waals surface area contributed by atoms with Crippen molar-refractivity contribution in [1.29, 1.82) is 0 Å². The molecule has 0 aromatic heterocycles. The van der Waals surface area contributed by atoms with Gasteiger partial charge in [-0.05, 0) is 36.4 Å². The minimum absolute atomic E-state index is 0.104. The Balaban J connectivity index is 1.41. The molecule has 1 amide bonds. The van der Waals surface area contributed by atoms with Gasteiger partial charge in [-0.25, -0.2) is 8.42 Å². The zero-order chi connectivity index (χ0) is 19.6. The summed E-state index contributed by atoms with van der Waals surface area (Å²) in [6, 6.07) is 13.2. The molecule has 148 valence electrons. The number of fused-ring (bicyclic) bond motifs is 1. The number of carbonyl (C=O) groups excluding carboxylic acids is 1. The Morgan fingerprint density at radius 2 is 1.68 bits per heavy atom. The van der Waals surface area contributed by atoms with E-state index >= 15 is 0 Å². The first kappa shape index (κ1) is 18.7. The van der Waals surface area contributed by atoms with Gasteiger partial charge >= 0.3 is 0 Å². The first-order chi connectivity index (χ1) is 13.5. The van der Waals surface area contributed by atoms with E-state index < -0.39 is 16.1 Å². The van der Waals surface area contributed by atoms with Crippen molar-refractivity contribution in [1.82, 2.24) is 4.31 Å². The SMILES string of the molecule is O=C(Nc1ccc(S(=O)(=O)N2CCOCC2)cc1)[C@H]1COc2ccccc2O1.